The average Bonchev–Trinajstić information content (AvgIpc) is 2.53. The van der Waals surface area contributed by atoms with Gasteiger partial charge in [0.05, 0.1) is 6.10 Å². The van der Waals surface area contributed by atoms with Gasteiger partial charge in [0, 0.05) is 23.2 Å². The molecule has 0 fully saturated rings. The minimum atomic E-state index is -0.603. The van der Waals surface area contributed by atoms with Gasteiger partial charge < -0.3 is 16.2 Å². The number of carbonyl (C=O) groups excluding carboxylic acids is 1. The second kappa shape index (κ2) is 8.11. The fourth-order valence-electron chi connectivity index (χ4n) is 2.38. The first-order chi connectivity index (χ1) is 11.0. The quantitative estimate of drug-likeness (QED) is 0.729. The van der Waals surface area contributed by atoms with Crippen molar-refractivity contribution < 1.29 is 9.90 Å². The summed E-state index contributed by atoms with van der Waals surface area (Å²) >= 11 is 5.93. The van der Waals surface area contributed by atoms with Crippen LogP contribution in [-0.2, 0) is 6.42 Å². The van der Waals surface area contributed by atoms with Crippen LogP contribution in [0.15, 0.2) is 48.5 Å². The number of aliphatic hydroxyl groups excluding tert-OH is 1. The highest BCUT2D eigenvalue weighted by Crippen LogP contribution is 2.17. The van der Waals surface area contributed by atoms with E-state index in [1.54, 1.807) is 24.3 Å². The van der Waals surface area contributed by atoms with Crippen LogP contribution in [0.1, 0.15) is 34.5 Å². The molecule has 5 heteroatoms. The molecule has 0 saturated carbocycles. The zero-order valence-electron chi connectivity index (χ0n) is 13.0. The molecule has 0 unspecified atom stereocenters. The van der Waals surface area contributed by atoms with Crippen molar-refractivity contribution in [3.63, 3.8) is 0 Å². The molecule has 0 heterocycles. The number of hydrogen-bond donors (Lipinski definition) is 3. The second-order valence-electron chi connectivity index (χ2n) is 5.65. The van der Waals surface area contributed by atoms with Gasteiger partial charge in [-0.15, -0.1) is 0 Å². The highest BCUT2D eigenvalue weighted by atomic mass is 35.5. The van der Waals surface area contributed by atoms with Gasteiger partial charge >= 0.3 is 0 Å². The van der Waals surface area contributed by atoms with Crippen LogP contribution >= 0.6 is 11.6 Å². The minimum Gasteiger partial charge on any atom is -0.387 e. The second-order valence-corrected chi connectivity index (χ2v) is 6.08. The van der Waals surface area contributed by atoms with Crippen LogP contribution in [0, 0.1) is 0 Å². The molecule has 0 radical (unpaired) electrons. The van der Waals surface area contributed by atoms with Crippen LogP contribution < -0.4 is 11.1 Å². The summed E-state index contributed by atoms with van der Waals surface area (Å²) in [4.78, 5) is 11.0. The normalized spacial score (nSPS) is 13.5. The maximum absolute atomic E-state index is 11.0. The first-order valence-corrected chi connectivity index (χ1v) is 7.89. The monoisotopic (exact) mass is 332 g/mol. The van der Waals surface area contributed by atoms with Crippen molar-refractivity contribution in [3.8, 4) is 0 Å². The fraction of sp³-hybridized carbons (Fsp3) is 0.278. The molecule has 23 heavy (non-hydrogen) atoms. The van der Waals surface area contributed by atoms with Gasteiger partial charge in [0.1, 0.15) is 0 Å². The Labute approximate surface area is 141 Å². The van der Waals surface area contributed by atoms with E-state index in [9.17, 15) is 9.90 Å². The van der Waals surface area contributed by atoms with Crippen molar-refractivity contribution >= 4 is 17.5 Å². The third kappa shape index (κ3) is 5.36. The molecule has 4 N–H and O–H groups in total. The van der Waals surface area contributed by atoms with Gasteiger partial charge in [-0.05, 0) is 48.7 Å². The number of benzene rings is 2. The molecule has 122 valence electrons. The highest BCUT2D eigenvalue weighted by Gasteiger charge is 2.10. The molecular weight excluding hydrogens is 312 g/mol. The lowest BCUT2D eigenvalue weighted by molar-refractivity contribution is 0.100. The van der Waals surface area contributed by atoms with Gasteiger partial charge in [0.25, 0.3) is 0 Å². The van der Waals surface area contributed by atoms with Gasteiger partial charge in [-0.25, -0.2) is 0 Å². The van der Waals surface area contributed by atoms with Crippen molar-refractivity contribution in [2.24, 2.45) is 5.73 Å². The number of amides is 1. The molecule has 0 aliphatic carbocycles. The van der Waals surface area contributed by atoms with E-state index in [1.165, 1.54) is 0 Å². The molecule has 0 saturated heterocycles. The van der Waals surface area contributed by atoms with Gasteiger partial charge in [-0.2, -0.15) is 0 Å². The summed E-state index contributed by atoms with van der Waals surface area (Å²) in [5.41, 5.74) is 7.63. The summed E-state index contributed by atoms with van der Waals surface area (Å²) in [5.74, 6) is -0.424. The molecule has 2 aromatic carbocycles. The van der Waals surface area contributed by atoms with Gasteiger partial charge in [0.15, 0.2) is 0 Å². The summed E-state index contributed by atoms with van der Waals surface area (Å²) in [6, 6.07) is 14.7. The Morgan fingerprint density at radius 1 is 1.26 bits per heavy atom. The summed E-state index contributed by atoms with van der Waals surface area (Å²) in [6.07, 6.45) is 0.190. The molecule has 0 aliphatic rings. The Morgan fingerprint density at radius 2 is 1.96 bits per heavy atom. The third-order valence-corrected chi connectivity index (χ3v) is 3.91. The van der Waals surface area contributed by atoms with E-state index in [0.717, 1.165) is 17.5 Å². The predicted octanol–water partition coefficient (Wildman–Crippen LogP) is 2.69. The Kier molecular flexibility index (Phi) is 6.16. The van der Waals surface area contributed by atoms with Crippen molar-refractivity contribution in [2.45, 2.75) is 25.5 Å². The predicted molar refractivity (Wildman–Crippen MR) is 92.5 cm³/mol. The van der Waals surface area contributed by atoms with E-state index in [2.05, 4.69) is 5.32 Å². The molecule has 0 aliphatic heterocycles. The Bertz CT molecular complexity index is 658. The molecule has 0 spiro atoms. The topological polar surface area (TPSA) is 75.4 Å². The van der Waals surface area contributed by atoms with Crippen LogP contribution in [0.2, 0.25) is 5.02 Å². The summed E-state index contributed by atoms with van der Waals surface area (Å²) < 4.78 is 0. The standard InChI is InChI=1S/C18H21ClN2O2/c1-12(9-13-5-7-14(8-6-13)18(20)23)21-11-17(22)15-3-2-4-16(19)10-15/h2-8,10,12,17,21-22H,9,11H2,1H3,(H2,20,23)/t12-,17+/m1/s1. The van der Waals surface area contributed by atoms with E-state index < -0.39 is 12.0 Å². The van der Waals surface area contributed by atoms with E-state index in [4.69, 9.17) is 17.3 Å². The van der Waals surface area contributed by atoms with E-state index in [0.29, 0.717) is 17.1 Å². The van der Waals surface area contributed by atoms with Crippen LogP contribution in [-0.4, -0.2) is 23.6 Å². The molecule has 0 aromatic heterocycles. The van der Waals surface area contributed by atoms with Crippen molar-refractivity contribution in [2.75, 3.05) is 6.54 Å². The maximum Gasteiger partial charge on any atom is 0.248 e. The zero-order valence-corrected chi connectivity index (χ0v) is 13.8. The lowest BCUT2D eigenvalue weighted by Gasteiger charge is -2.18. The number of aliphatic hydroxyl groups is 1. The molecule has 1 amide bonds. The fourth-order valence-corrected chi connectivity index (χ4v) is 2.57. The third-order valence-electron chi connectivity index (χ3n) is 3.67. The van der Waals surface area contributed by atoms with Crippen LogP contribution in [0.4, 0.5) is 0 Å². The lowest BCUT2D eigenvalue weighted by atomic mass is 10.0. The first-order valence-electron chi connectivity index (χ1n) is 7.51. The largest absolute Gasteiger partial charge is 0.387 e. The number of hydrogen-bond acceptors (Lipinski definition) is 3. The van der Waals surface area contributed by atoms with Gasteiger partial charge in [-0.3, -0.25) is 4.79 Å². The number of nitrogens with two attached hydrogens (primary N) is 1. The Morgan fingerprint density at radius 3 is 2.57 bits per heavy atom. The van der Waals surface area contributed by atoms with Gasteiger partial charge in [-0.1, -0.05) is 35.9 Å². The number of nitrogens with one attached hydrogen (secondary N) is 1. The summed E-state index contributed by atoms with van der Waals surface area (Å²) in [6.45, 7) is 2.49. The lowest BCUT2D eigenvalue weighted by Crippen LogP contribution is -2.32. The van der Waals surface area contributed by atoms with E-state index >= 15 is 0 Å². The molecule has 2 atom stereocenters. The van der Waals surface area contributed by atoms with Crippen molar-refractivity contribution in [1.82, 2.24) is 5.32 Å². The average molecular weight is 333 g/mol. The number of rotatable bonds is 7. The maximum atomic E-state index is 11.0. The number of primary amides is 1. The van der Waals surface area contributed by atoms with Crippen LogP contribution in [0.5, 0.6) is 0 Å². The summed E-state index contributed by atoms with van der Waals surface area (Å²) in [5, 5.41) is 14.1. The highest BCUT2D eigenvalue weighted by molar-refractivity contribution is 6.30. The molecule has 2 aromatic rings. The molecule has 0 bridgehead atoms. The summed E-state index contributed by atoms with van der Waals surface area (Å²) in [7, 11) is 0. The van der Waals surface area contributed by atoms with Gasteiger partial charge in [0.2, 0.25) is 5.91 Å². The first kappa shape index (κ1) is 17.5. The smallest absolute Gasteiger partial charge is 0.248 e. The molecule has 2 rings (SSSR count). The van der Waals surface area contributed by atoms with Crippen molar-refractivity contribution in [1.29, 1.82) is 0 Å². The SMILES string of the molecule is C[C@H](Cc1ccc(C(N)=O)cc1)NC[C@H](O)c1cccc(Cl)c1. The van der Waals surface area contributed by atoms with Crippen molar-refractivity contribution in [3.05, 3.63) is 70.2 Å². The van der Waals surface area contributed by atoms with Crippen LogP contribution in [0.3, 0.4) is 0 Å². The molecular formula is C18H21ClN2O2. The number of halogens is 1. The zero-order chi connectivity index (χ0) is 16.8. The Hall–Kier alpha value is -1.88. The molecule has 4 nitrogen and oxygen atoms in total. The Balaban J connectivity index is 1.84. The minimum absolute atomic E-state index is 0.184. The van der Waals surface area contributed by atoms with E-state index in [1.807, 2.05) is 31.2 Å². The number of carbonyl (C=O) groups is 1. The van der Waals surface area contributed by atoms with Crippen LogP contribution in [0.25, 0.3) is 0 Å². The van der Waals surface area contributed by atoms with E-state index in [-0.39, 0.29) is 6.04 Å².